The summed E-state index contributed by atoms with van der Waals surface area (Å²) in [5.41, 5.74) is -0.141. The van der Waals surface area contributed by atoms with Crippen molar-refractivity contribution in [3.63, 3.8) is 0 Å². The topological polar surface area (TPSA) is 109 Å². The lowest BCUT2D eigenvalue weighted by Gasteiger charge is -2.23. The molecular formula is C10H17N3O4S2. The van der Waals surface area contributed by atoms with Gasteiger partial charge in [-0.3, -0.25) is 5.10 Å². The van der Waals surface area contributed by atoms with Crippen molar-refractivity contribution in [1.29, 1.82) is 0 Å². The Kier molecular flexibility index (Phi) is 3.27. The minimum absolute atomic E-state index is 0.00930. The molecule has 1 unspecified atom stereocenters. The number of sulfonamides is 1. The number of hydrogen-bond acceptors (Lipinski definition) is 5. The van der Waals surface area contributed by atoms with Gasteiger partial charge in [0.1, 0.15) is 4.90 Å². The molecule has 1 aliphatic heterocycles. The predicted octanol–water partition coefficient (Wildman–Crippen LogP) is -0.118. The summed E-state index contributed by atoms with van der Waals surface area (Å²) in [5, 5.41) is 6.46. The number of H-pyrrole nitrogens is 1. The van der Waals surface area contributed by atoms with Crippen LogP contribution in [0.15, 0.2) is 4.90 Å². The van der Waals surface area contributed by atoms with E-state index in [9.17, 15) is 16.8 Å². The minimum Gasteiger partial charge on any atom is -0.281 e. The van der Waals surface area contributed by atoms with Gasteiger partial charge < -0.3 is 0 Å². The van der Waals surface area contributed by atoms with Gasteiger partial charge in [-0.2, -0.15) is 5.10 Å². The smallest absolute Gasteiger partial charge is 0.244 e. The van der Waals surface area contributed by atoms with Gasteiger partial charge in [-0.15, -0.1) is 0 Å². The van der Waals surface area contributed by atoms with E-state index in [2.05, 4.69) is 14.9 Å². The molecule has 19 heavy (non-hydrogen) atoms. The molecule has 0 radical (unpaired) electrons. The highest BCUT2D eigenvalue weighted by Gasteiger charge is 2.42. The maximum absolute atomic E-state index is 12.3. The number of rotatable bonds is 3. The highest BCUT2D eigenvalue weighted by Crippen LogP contribution is 2.26. The Morgan fingerprint density at radius 3 is 2.42 bits per heavy atom. The maximum Gasteiger partial charge on any atom is 0.244 e. The lowest BCUT2D eigenvalue weighted by molar-refractivity contribution is 0.461. The summed E-state index contributed by atoms with van der Waals surface area (Å²) >= 11 is 0. The first-order valence-electron chi connectivity index (χ1n) is 5.81. The number of hydrogen-bond donors (Lipinski definition) is 2. The van der Waals surface area contributed by atoms with Crippen molar-refractivity contribution in [2.75, 3.05) is 11.5 Å². The molecule has 2 heterocycles. The van der Waals surface area contributed by atoms with Crippen LogP contribution in [0.1, 0.15) is 24.7 Å². The number of nitrogens with one attached hydrogen (secondary N) is 2. The number of nitrogens with zero attached hydrogens (tertiary/aromatic N) is 1. The minimum atomic E-state index is -3.78. The van der Waals surface area contributed by atoms with Crippen LogP contribution in [0.5, 0.6) is 0 Å². The molecule has 1 aromatic rings. The van der Waals surface area contributed by atoms with Crippen LogP contribution in [0.4, 0.5) is 0 Å². The second-order valence-electron chi connectivity index (χ2n) is 5.27. The molecule has 108 valence electrons. The van der Waals surface area contributed by atoms with E-state index in [0.29, 0.717) is 11.4 Å². The third-order valence-electron chi connectivity index (χ3n) is 3.21. The predicted molar refractivity (Wildman–Crippen MR) is 70.1 cm³/mol. The fourth-order valence-electron chi connectivity index (χ4n) is 2.40. The van der Waals surface area contributed by atoms with Gasteiger partial charge >= 0.3 is 0 Å². The average Bonchev–Trinajstić information content (AvgIpc) is 2.66. The summed E-state index contributed by atoms with van der Waals surface area (Å²) in [7, 11) is -6.94. The van der Waals surface area contributed by atoms with Gasteiger partial charge in [0.25, 0.3) is 0 Å². The first-order chi connectivity index (χ1) is 8.55. The quantitative estimate of drug-likeness (QED) is 0.809. The Morgan fingerprint density at radius 2 is 2.00 bits per heavy atom. The largest absolute Gasteiger partial charge is 0.281 e. The van der Waals surface area contributed by atoms with E-state index < -0.39 is 25.4 Å². The molecule has 0 aromatic carbocycles. The van der Waals surface area contributed by atoms with Crippen LogP contribution in [0.3, 0.4) is 0 Å². The second-order valence-corrected chi connectivity index (χ2v) is 9.07. The van der Waals surface area contributed by atoms with Crippen LogP contribution in [0.2, 0.25) is 0 Å². The molecule has 0 saturated carbocycles. The first-order valence-corrected chi connectivity index (χ1v) is 9.11. The SMILES string of the molecule is Cc1n[nH]c(C)c1S(=O)(=O)NC1(C)CCS(=O)(=O)C1. The highest BCUT2D eigenvalue weighted by atomic mass is 32.2. The summed E-state index contributed by atoms with van der Waals surface area (Å²) in [4.78, 5) is 0.0954. The molecule has 0 bridgehead atoms. The molecule has 0 spiro atoms. The van der Waals surface area contributed by atoms with E-state index in [-0.39, 0.29) is 22.8 Å². The van der Waals surface area contributed by atoms with Crippen LogP contribution >= 0.6 is 0 Å². The molecule has 1 saturated heterocycles. The van der Waals surface area contributed by atoms with Crippen molar-refractivity contribution in [3.05, 3.63) is 11.4 Å². The normalized spacial score (nSPS) is 26.7. The fraction of sp³-hybridized carbons (Fsp3) is 0.700. The molecule has 7 nitrogen and oxygen atoms in total. The van der Waals surface area contributed by atoms with E-state index >= 15 is 0 Å². The molecule has 1 aromatic heterocycles. The van der Waals surface area contributed by atoms with Crippen molar-refractivity contribution >= 4 is 19.9 Å². The van der Waals surface area contributed by atoms with Gasteiger partial charge in [0.15, 0.2) is 9.84 Å². The zero-order valence-electron chi connectivity index (χ0n) is 11.0. The summed E-state index contributed by atoms with van der Waals surface area (Å²) in [6, 6.07) is 0. The summed E-state index contributed by atoms with van der Waals surface area (Å²) in [6.45, 7) is 4.81. The maximum atomic E-state index is 12.3. The zero-order chi connectivity index (χ0) is 14.5. The third-order valence-corrected chi connectivity index (χ3v) is 7.02. The molecule has 9 heteroatoms. The monoisotopic (exact) mass is 307 g/mol. The van der Waals surface area contributed by atoms with Gasteiger partial charge in [-0.25, -0.2) is 21.6 Å². The standard InChI is InChI=1S/C10H17N3O4S2/c1-7-9(8(2)12-11-7)19(16,17)13-10(3)4-5-18(14,15)6-10/h13H,4-6H2,1-3H3,(H,11,12). The van der Waals surface area contributed by atoms with E-state index in [1.165, 1.54) is 0 Å². The van der Waals surface area contributed by atoms with Gasteiger partial charge in [0.05, 0.1) is 22.9 Å². The molecule has 1 atom stereocenters. The third kappa shape index (κ3) is 2.82. The lowest BCUT2D eigenvalue weighted by atomic mass is 10.0. The van der Waals surface area contributed by atoms with Crippen LogP contribution in [-0.4, -0.2) is 44.1 Å². The molecule has 0 aliphatic carbocycles. The Hall–Kier alpha value is -0.930. The number of aryl methyl sites for hydroxylation is 2. The fourth-order valence-corrected chi connectivity index (χ4v) is 6.40. The molecule has 0 amide bonds. The molecule has 2 rings (SSSR count). The molecule has 1 aliphatic rings. The van der Waals surface area contributed by atoms with Crippen LogP contribution in [0.25, 0.3) is 0 Å². The Morgan fingerprint density at radius 1 is 1.37 bits per heavy atom. The first kappa shape index (κ1) is 14.5. The van der Waals surface area contributed by atoms with Crippen molar-refractivity contribution in [1.82, 2.24) is 14.9 Å². The second kappa shape index (κ2) is 4.29. The Bertz CT molecular complexity index is 686. The number of aromatic amines is 1. The number of sulfone groups is 1. The van der Waals surface area contributed by atoms with E-state index in [0.717, 1.165) is 0 Å². The van der Waals surface area contributed by atoms with Crippen LogP contribution < -0.4 is 4.72 Å². The Labute approximate surface area is 112 Å². The van der Waals surface area contributed by atoms with Crippen LogP contribution in [-0.2, 0) is 19.9 Å². The van der Waals surface area contributed by atoms with Gasteiger partial charge in [-0.05, 0) is 27.2 Å². The van der Waals surface area contributed by atoms with Crippen molar-refractivity contribution in [3.8, 4) is 0 Å². The highest BCUT2D eigenvalue weighted by molar-refractivity contribution is 7.92. The number of aromatic nitrogens is 2. The van der Waals surface area contributed by atoms with Gasteiger partial charge in [0.2, 0.25) is 10.0 Å². The summed E-state index contributed by atoms with van der Waals surface area (Å²) in [5.74, 6) is -0.162. The van der Waals surface area contributed by atoms with E-state index in [1.807, 2.05) is 0 Å². The Balaban J connectivity index is 2.34. The molecular weight excluding hydrogens is 290 g/mol. The van der Waals surface area contributed by atoms with Gasteiger partial charge in [0, 0.05) is 5.54 Å². The molecule has 1 fully saturated rings. The van der Waals surface area contributed by atoms with Crippen LogP contribution in [0, 0.1) is 13.8 Å². The van der Waals surface area contributed by atoms with E-state index in [1.54, 1.807) is 20.8 Å². The van der Waals surface area contributed by atoms with Gasteiger partial charge in [-0.1, -0.05) is 0 Å². The van der Waals surface area contributed by atoms with Crippen molar-refractivity contribution in [2.45, 2.75) is 37.6 Å². The van der Waals surface area contributed by atoms with Crippen molar-refractivity contribution < 1.29 is 16.8 Å². The zero-order valence-corrected chi connectivity index (χ0v) is 12.7. The lowest BCUT2D eigenvalue weighted by Crippen LogP contribution is -2.47. The molecule has 2 N–H and O–H groups in total. The van der Waals surface area contributed by atoms with Crippen molar-refractivity contribution in [2.24, 2.45) is 0 Å². The van der Waals surface area contributed by atoms with E-state index in [4.69, 9.17) is 0 Å². The summed E-state index contributed by atoms with van der Waals surface area (Å²) < 4.78 is 50.2. The average molecular weight is 307 g/mol. The summed E-state index contributed by atoms with van der Waals surface area (Å²) in [6.07, 6.45) is 0.282.